The predicted octanol–water partition coefficient (Wildman–Crippen LogP) is 11.0. The maximum atomic E-state index is 8.78. The van der Waals surface area contributed by atoms with Crippen molar-refractivity contribution < 1.29 is 11.3 Å². The van der Waals surface area contributed by atoms with Gasteiger partial charge in [-0.1, -0.05) is 109 Å². The number of hydrogen-bond donors (Lipinski definition) is 0. The normalized spacial score (nSPS) is 13.2. The molecule has 188 valence electrons. The smallest absolute Gasteiger partial charge is 0.143 e. The number of furan rings is 1. The molecule has 2 nitrogen and oxygen atoms in total. The first kappa shape index (κ1) is 18.0. The summed E-state index contributed by atoms with van der Waals surface area (Å²) in [6.45, 7) is 0. The highest BCUT2D eigenvalue weighted by Crippen LogP contribution is 2.46. The molecular weight excluding hydrogens is 486 g/mol. The average Bonchev–Trinajstić information content (AvgIpc) is 3.47. The number of hydrogen-bond acceptors (Lipinski definition) is 2. The molecule has 0 aliphatic rings. The quantitative estimate of drug-likeness (QED) is 0.231. The maximum absolute atomic E-state index is 8.78. The summed E-state index contributed by atoms with van der Waals surface area (Å²) in [6.07, 6.45) is 0. The van der Waals surface area contributed by atoms with Gasteiger partial charge >= 0.3 is 0 Å². The highest BCUT2D eigenvalue weighted by Gasteiger charge is 2.21. The summed E-state index contributed by atoms with van der Waals surface area (Å²) in [7, 11) is 0. The zero-order valence-electron chi connectivity index (χ0n) is 26.4. The van der Waals surface area contributed by atoms with E-state index in [0.717, 1.165) is 49.4 Å². The number of para-hydroxylation sites is 1. The fraction of sp³-hybridized carbons (Fsp3) is 0. The van der Waals surface area contributed by atoms with Gasteiger partial charge in [0.1, 0.15) is 11.2 Å². The van der Waals surface area contributed by atoms with Gasteiger partial charge in [-0.15, -0.1) is 0 Å². The summed E-state index contributed by atoms with van der Waals surface area (Å²) in [5.41, 5.74) is 4.94. The van der Waals surface area contributed by atoms with Gasteiger partial charge in [0.25, 0.3) is 0 Å². The second-order valence-corrected chi connectivity index (χ2v) is 9.80. The molecule has 2 heteroatoms. The van der Waals surface area contributed by atoms with Crippen LogP contribution in [0.2, 0.25) is 0 Å². The lowest BCUT2D eigenvalue weighted by Gasteiger charge is -2.26. The first-order valence-corrected chi connectivity index (χ1v) is 13.2. The molecule has 0 N–H and O–H groups in total. The molecule has 7 aromatic carbocycles. The molecular formula is C38H25NO. The molecule has 0 aliphatic carbocycles. The number of fused-ring (bicyclic) bond motifs is 6. The fourth-order valence-corrected chi connectivity index (χ4v) is 5.73. The van der Waals surface area contributed by atoms with E-state index in [1.807, 2.05) is 72.8 Å². The van der Waals surface area contributed by atoms with E-state index in [2.05, 4.69) is 53.4 Å². The van der Waals surface area contributed by atoms with Crippen molar-refractivity contribution in [2.75, 3.05) is 4.90 Å². The Morgan fingerprint density at radius 2 is 1.30 bits per heavy atom. The van der Waals surface area contributed by atoms with Gasteiger partial charge in [0.05, 0.1) is 17.9 Å². The van der Waals surface area contributed by atoms with Crippen LogP contribution in [0, 0.1) is 0 Å². The Balaban J connectivity index is 1.49. The van der Waals surface area contributed by atoms with Crippen LogP contribution in [0.5, 0.6) is 0 Å². The first-order chi connectivity index (χ1) is 21.9. The van der Waals surface area contributed by atoms with E-state index in [9.17, 15) is 0 Å². The van der Waals surface area contributed by atoms with Crippen LogP contribution in [0.15, 0.2) is 156 Å². The summed E-state index contributed by atoms with van der Waals surface area (Å²) >= 11 is 0. The molecule has 0 atom stereocenters. The monoisotopic (exact) mass is 516 g/mol. The van der Waals surface area contributed by atoms with Crippen LogP contribution in [-0.2, 0) is 0 Å². The molecule has 0 fully saturated rings. The molecule has 8 aromatic rings. The molecule has 0 saturated carbocycles. The average molecular weight is 517 g/mol. The summed E-state index contributed by atoms with van der Waals surface area (Å²) in [5, 5.41) is 5.48. The third-order valence-electron chi connectivity index (χ3n) is 7.50. The van der Waals surface area contributed by atoms with Crippen LogP contribution in [0.1, 0.15) is 6.85 Å². The lowest BCUT2D eigenvalue weighted by Crippen LogP contribution is -2.10. The summed E-state index contributed by atoms with van der Waals surface area (Å²) < 4.78 is 49.0. The van der Waals surface area contributed by atoms with Crippen molar-refractivity contribution in [3.05, 3.63) is 152 Å². The van der Waals surface area contributed by atoms with Crippen LogP contribution in [0.3, 0.4) is 0 Å². The molecule has 0 bridgehead atoms. The van der Waals surface area contributed by atoms with Crippen molar-refractivity contribution in [3.8, 4) is 11.1 Å². The zero-order chi connectivity index (χ0) is 30.8. The largest absolute Gasteiger partial charge is 0.455 e. The SMILES string of the molecule is [2H]c1c([2H])c([2H])c(-c2cc3c(oc4cccc(N(c5ccccc5)c5ccc6ccccc6c5)c43)c3ccccc23)c([2H])c1[2H]. The number of rotatable bonds is 4. The Hall–Kier alpha value is -5.34. The molecule has 40 heavy (non-hydrogen) atoms. The van der Waals surface area contributed by atoms with Crippen molar-refractivity contribution in [2.45, 2.75) is 0 Å². The van der Waals surface area contributed by atoms with E-state index in [4.69, 9.17) is 11.3 Å². The van der Waals surface area contributed by atoms with Gasteiger partial charge in [0.2, 0.25) is 0 Å². The summed E-state index contributed by atoms with van der Waals surface area (Å²) in [5.74, 6) is 0. The van der Waals surface area contributed by atoms with E-state index < -0.39 is 6.04 Å². The van der Waals surface area contributed by atoms with Crippen LogP contribution in [0.25, 0.3) is 54.6 Å². The molecule has 1 heterocycles. The van der Waals surface area contributed by atoms with Crippen molar-refractivity contribution in [1.29, 1.82) is 0 Å². The standard InChI is InChI=1S/C38H25NO/c1-3-13-27(14-4-1)33-25-34-37-35(20-11-21-36(37)40-38(34)32-19-10-9-18-31(32)33)39(29-16-5-2-6-17-29)30-23-22-26-12-7-8-15-28(26)24-30/h1-25H/i1D,3D,4D,13D,14D. The van der Waals surface area contributed by atoms with E-state index in [1.54, 1.807) is 0 Å². The molecule has 1 aromatic heterocycles. The van der Waals surface area contributed by atoms with Crippen LogP contribution >= 0.6 is 0 Å². The van der Waals surface area contributed by atoms with Gasteiger partial charge in [0, 0.05) is 22.1 Å². The number of nitrogens with zero attached hydrogens (tertiary/aromatic N) is 1. The van der Waals surface area contributed by atoms with Crippen molar-refractivity contribution in [3.63, 3.8) is 0 Å². The Morgan fingerprint density at radius 3 is 2.15 bits per heavy atom. The summed E-state index contributed by atoms with van der Waals surface area (Å²) in [6, 6.07) is 38.8. The van der Waals surface area contributed by atoms with E-state index in [0.29, 0.717) is 16.7 Å². The van der Waals surface area contributed by atoms with E-state index in [-0.39, 0.29) is 29.7 Å². The number of benzene rings is 7. The van der Waals surface area contributed by atoms with Crippen molar-refractivity contribution in [1.82, 2.24) is 0 Å². The maximum Gasteiger partial charge on any atom is 0.143 e. The third-order valence-corrected chi connectivity index (χ3v) is 7.50. The predicted molar refractivity (Wildman–Crippen MR) is 169 cm³/mol. The molecule has 0 spiro atoms. The lowest BCUT2D eigenvalue weighted by atomic mass is 9.95. The van der Waals surface area contributed by atoms with Crippen LogP contribution in [-0.4, -0.2) is 0 Å². The molecule has 0 radical (unpaired) electrons. The lowest BCUT2D eigenvalue weighted by molar-refractivity contribution is 0.672. The van der Waals surface area contributed by atoms with Gasteiger partial charge in [-0.2, -0.15) is 0 Å². The molecule has 0 saturated heterocycles. The molecule has 0 unspecified atom stereocenters. The highest BCUT2D eigenvalue weighted by molar-refractivity contribution is 6.22. The molecule has 8 rings (SSSR count). The molecule has 0 aliphatic heterocycles. The van der Waals surface area contributed by atoms with Gasteiger partial charge in [-0.05, 0) is 69.8 Å². The van der Waals surface area contributed by atoms with Crippen LogP contribution in [0.4, 0.5) is 17.1 Å². The number of anilines is 3. The Morgan fingerprint density at radius 1 is 0.550 bits per heavy atom. The zero-order valence-corrected chi connectivity index (χ0v) is 21.4. The minimum Gasteiger partial charge on any atom is -0.455 e. The minimum absolute atomic E-state index is 0.167. The Bertz CT molecular complexity index is 2420. The van der Waals surface area contributed by atoms with Gasteiger partial charge < -0.3 is 9.32 Å². The summed E-state index contributed by atoms with van der Waals surface area (Å²) in [4.78, 5) is 2.21. The fourth-order valence-electron chi connectivity index (χ4n) is 5.73. The van der Waals surface area contributed by atoms with Crippen LogP contribution < -0.4 is 4.90 Å². The van der Waals surface area contributed by atoms with Crippen molar-refractivity contribution >= 4 is 60.5 Å². The second kappa shape index (κ2) is 9.14. The van der Waals surface area contributed by atoms with Gasteiger partial charge in [-0.25, -0.2) is 0 Å². The minimum atomic E-state index is -0.413. The first-order valence-electron chi connectivity index (χ1n) is 15.7. The highest BCUT2D eigenvalue weighted by atomic mass is 16.3. The Labute approximate surface area is 239 Å². The van der Waals surface area contributed by atoms with Crippen molar-refractivity contribution in [2.24, 2.45) is 0 Å². The van der Waals surface area contributed by atoms with E-state index >= 15 is 0 Å². The Kier molecular flexibility index (Phi) is 4.12. The molecule has 0 amide bonds. The third kappa shape index (κ3) is 3.58. The van der Waals surface area contributed by atoms with Gasteiger partial charge in [-0.3, -0.25) is 0 Å². The van der Waals surface area contributed by atoms with E-state index in [1.165, 1.54) is 0 Å². The van der Waals surface area contributed by atoms with Gasteiger partial charge in [0.15, 0.2) is 0 Å². The topological polar surface area (TPSA) is 16.4 Å². The second-order valence-electron chi connectivity index (χ2n) is 9.80.